The van der Waals surface area contributed by atoms with E-state index in [1.807, 2.05) is 0 Å². The summed E-state index contributed by atoms with van der Waals surface area (Å²) in [6.07, 6.45) is 1.22. The molecule has 0 amide bonds. The lowest BCUT2D eigenvalue weighted by atomic mass is 9.99. The molecule has 21 heavy (non-hydrogen) atoms. The highest BCUT2D eigenvalue weighted by Crippen LogP contribution is 2.34. The Balaban J connectivity index is 1.76. The molecule has 3 rings (SSSR count). The molecule has 2 heteroatoms. The van der Waals surface area contributed by atoms with Crippen molar-refractivity contribution in [2.24, 2.45) is 5.92 Å². The number of anilines is 1. The average molecular weight is 281 g/mol. The number of hydrogen-bond donors (Lipinski definition) is 1. The van der Waals surface area contributed by atoms with Gasteiger partial charge in [-0.2, -0.15) is 0 Å². The van der Waals surface area contributed by atoms with Gasteiger partial charge in [0.25, 0.3) is 0 Å². The first-order valence-corrected chi connectivity index (χ1v) is 7.72. The van der Waals surface area contributed by atoms with Crippen LogP contribution in [0.1, 0.15) is 36.6 Å². The molecule has 0 fully saturated rings. The van der Waals surface area contributed by atoms with E-state index in [4.69, 9.17) is 4.74 Å². The molecule has 0 saturated heterocycles. The zero-order valence-electron chi connectivity index (χ0n) is 13.0. The minimum atomic E-state index is 0.0902. The van der Waals surface area contributed by atoms with Crippen LogP contribution in [0.3, 0.4) is 0 Å². The highest BCUT2D eigenvalue weighted by atomic mass is 16.5. The smallest absolute Gasteiger partial charge is 0.143 e. The second-order valence-electron chi connectivity index (χ2n) is 6.33. The third-order valence-corrected chi connectivity index (χ3v) is 3.88. The van der Waals surface area contributed by atoms with Crippen molar-refractivity contribution in [1.29, 1.82) is 0 Å². The van der Waals surface area contributed by atoms with Crippen LogP contribution >= 0.6 is 0 Å². The normalized spacial score (nSPS) is 17.0. The Bertz CT molecular complexity index is 616. The monoisotopic (exact) mass is 281 g/mol. The summed E-state index contributed by atoms with van der Waals surface area (Å²) in [7, 11) is 0. The van der Waals surface area contributed by atoms with Crippen LogP contribution < -0.4 is 10.1 Å². The van der Waals surface area contributed by atoms with Crippen molar-refractivity contribution < 1.29 is 4.74 Å². The number of nitrogens with one attached hydrogen (secondary N) is 1. The van der Waals surface area contributed by atoms with Gasteiger partial charge in [0.15, 0.2) is 0 Å². The number of hydrogen-bond acceptors (Lipinski definition) is 2. The number of fused-ring (bicyclic) bond motifs is 1. The molecule has 0 bridgehead atoms. The molecule has 0 aromatic heterocycles. The molecule has 0 aliphatic carbocycles. The van der Waals surface area contributed by atoms with Crippen molar-refractivity contribution in [3.05, 3.63) is 59.2 Å². The number of aryl methyl sites for hydroxylation is 1. The molecule has 1 atom stereocenters. The Morgan fingerprint density at radius 2 is 1.90 bits per heavy atom. The maximum absolute atomic E-state index is 6.16. The minimum Gasteiger partial charge on any atom is -0.482 e. The molecule has 0 saturated carbocycles. The fourth-order valence-electron chi connectivity index (χ4n) is 2.80. The van der Waals surface area contributed by atoms with Crippen molar-refractivity contribution in [2.75, 3.05) is 11.9 Å². The third kappa shape index (κ3) is 3.21. The number of ether oxygens (including phenoxy) is 1. The molecule has 1 unspecified atom stereocenters. The molecule has 2 aromatic rings. The number of rotatable bonds is 3. The Morgan fingerprint density at radius 3 is 2.62 bits per heavy atom. The zero-order chi connectivity index (χ0) is 14.8. The fraction of sp³-hybridized carbons (Fsp3) is 0.368. The molecule has 2 aromatic carbocycles. The summed E-state index contributed by atoms with van der Waals surface area (Å²) in [5.41, 5.74) is 4.95. The van der Waals surface area contributed by atoms with Crippen LogP contribution in [0.15, 0.2) is 42.5 Å². The lowest BCUT2D eigenvalue weighted by Gasteiger charge is -2.28. The lowest BCUT2D eigenvalue weighted by molar-refractivity contribution is 0.210. The summed E-state index contributed by atoms with van der Waals surface area (Å²) in [4.78, 5) is 0. The van der Waals surface area contributed by atoms with Crippen LogP contribution in [-0.2, 0) is 6.42 Å². The van der Waals surface area contributed by atoms with E-state index < -0.39 is 0 Å². The van der Waals surface area contributed by atoms with Crippen LogP contribution in [0.4, 0.5) is 5.69 Å². The van der Waals surface area contributed by atoms with Gasteiger partial charge in [-0.15, -0.1) is 0 Å². The van der Waals surface area contributed by atoms with E-state index in [1.54, 1.807) is 0 Å². The predicted octanol–water partition coefficient (Wildman–Crippen LogP) is 4.74. The molecule has 1 aliphatic heterocycles. The summed E-state index contributed by atoms with van der Waals surface area (Å²) < 4.78 is 6.16. The van der Waals surface area contributed by atoms with E-state index >= 15 is 0 Å². The van der Waals surface area contributed by atoms with E-state index in [-0.39, 0.29) is 6.10 Å². The summed E-state index contributed by atoms with van der Waals surface area (Å²) in [5, 5.41) is 3.46. The zero-order valence-corrected chi connectivity index (χ0v) is 13.0. The molecule has 0 spiro atoms. The standard InChI is InChI=1S/C19H23NO/c1-13(2)10-15-5-7-16(8-6-15)19-12-20-17-9-4-14(3)11-18(17)21-19/h4-9,11,13,19-20H,10,12H2,1-3H3. The maximum atomic E-state index is 6.16. The van der Waals surface area contributed by atoms with E-state index in [9.17, 15) is 0 Å². The molecule has 110 valence electrons. The van der Waals surface area contributed by atoms with Gasteiger partial charge in [0, 0.05) is 0 Å². The average Bonchev–Trinajstić information content (AvgIpc) is 2.46. The van der Waals surface area contributed by atoms with Gasteiger partial charge in [0.1, 0.15) is 11.9 Å². The molecular weight excluding hydrogens is 258 g/mol. The summed E-state index contributed by atoms with van der Waals surface area (Å²) >= 11 is 0. The van der Waals surface area contributed by atoms with Crippen molar-refractivity contribution in [2.45, 2.75) is 33.3 Å². The van der Waals surface area contributed by atoms with Gasteiger partial charge in [-0.3, -0.25) is 0 Å². The van der Waals surface area contributed by atoms with Gasteiger partial charge >= 0.3 is 0 Å². The molecule has 1 heterocycles. The maximum Gasteiger partial charge on any atom is 0.143 e. The van der Waals surface area contributed by atoms with Gasteiger partial charge in [-0.25, -0.2) is 0 Å². The topological polar surface area (TPSA) is 21.3 Å². The van der Waals surface area contributed by atoms with Gasteiger partial charge in [0.2, 0.25) is 0 Å². The SMILES string of the molecule is Cc1ccc2c(c1)OC(c1ccc(CC(C)C)cc1)CN2. The summed E-state index contributed by atoms with van der Waals surface area (Å²) in [5.74, 6) is 1.65. The Hall–Kier alpha value is -1.96. The molecule has 1 aliphatic rings. The van der Waals surface area contributed by atoms with Gasteiger partial charge in [-0.05, 0) is 48.1 Å². The van der Waals surface area contributed by atoms with Crippen molar-refractivity contribution in [3.8, 4) is 5.75 Å². The van der Waals surface area contributed by atoms with E-state index in [2.05, 4.69) is 68.6 Å². The molecular formula is C19H23NO. The highest BCUT2D eigenvalue weighted by molar-refractivity contribution is 5.59. The highest BCUT2D eigenvalue weighted by Gasteiger charge is 2.20. The first-order valence-electron chi connectivity index (χ1n) is 7.72. The lowest BCUT2D eigenvalue weighted by Crippen LogP contribution is -2.23. The van der Waals surface area contributed by atoms with Crippen molar-refractivity contribution in [3.63, 3.8) is 0 Å². The first kappa shape index (κ1) is 14.0. The molecule has 1 N–H and O–H groups in total. The largest absolute Gasteiger partial charge is 0.482 e. The first-order chi connectivity index (χ1) is 10.1. The Morgan fingerprint density at radius 1 is 1.14 bits per heavy atom. The van der Waals surface area contributed by atoms with Crippen molar-refractivity contribution >= 4 is 5.69 Å². The van der Waals surface area contributed by atoms with Gasteiger partial charge in [-0.1, -0.05) is 44.2 Å². The number of benzene rings is 2. The second-order valence-corrected chi connectivity index (χ2v) is 6.33. The quantitative estimate of drug-likeness (QED) is 0.877. The molecule has 2 nitrogen and oxygen atoms in total. The Labute approximate surface area is 127 Å². The van der Waals surface area contributed by atoms with Crippen LogP contribution in [0.5, 0.6) is 5.75 Å². The van der Waals surface area contributed by atoms with Gasteiger partial charge in [0.05, 0.1) is 12.2 Å². The van der Waals surface area contributed by atoms with Crippen LogP contribution in [0.25, 0.3) is 0 Å². The van der Waals surface area contributed by atoms with Crippen LogP contribution in [0.2, 0.25) is 0 Å². The minimum absolute atomic E-state index is 0.0902. The van der Waals surface area contributed by atoms with Crippen LogP contribution in [0, 0.1) is 12.8 Å². The summed E-state index contributed by atoms with van der Waals surface area (Å²) in [6.45, 7) is 7.41. The van der Waals surface area contributed by atoms with E-state index in [0.717, 1.165) is 24.4 Å². The molecule has 0 radical (unpaired) electrons. The van der Waals surface area contributed by atoms with E-state index in [0.29, 0.717) is 5.92 Å². The third-order valence-electron chi connectivity index (χ3n) is 3.88. The van der Waals surface area contributed by atoms with Crippen LogP contribution in [-0.4, -0.2) is 6.54 Å². The van der Waals surface area contributed by atoms with E-state index in [1.165, 1.54) is 16.7 Å². The Kier molecular flexibility index (Phi) is 3.87. The predicted molar refractivity (Wildman–Crippen MR) is 88.0 cm³/mol. The summed E-state index contributed by atoms with van der Waals surface area (Å²) in [6, 6.07) is 15.1. The van der Waals surface area contributed by atoms with Crippen molar-refractivity contribution in [1.82, 2.24) is 0 Å². The fourth-order valence-corrected chi connectivity index (χ4v) is 2.80. The van der Waals surface area contributed by atoms with Gasteiger partial charge < -0.3 is 10.1 Å². The second kappa shape index (κ2) is 5.80.